The molecule has 0 radical (unpaired) electrons. The molecule has 0 N–H and O–H groups in total. The number of hydrogen-bond donors (Lipinski definition) is 0. The molecular weight excluding hydrogens is 304 g/mol. The molecular formula is C12H16Br2. The van der Waals surface area contributed by atoms with E-state index in [9.17, 15) is 0 Å². The van der Waals surface area contributed by atoms with Crippen LogP contribution in [0.1, 0.15) is 27.7 Å². The molecule has 0 fully saturated rings. The van der Waals surface area contributed by atoms with Crippen molar-refractivity contribution in [3.63, 3.8) is 0 Å². The van der Waals surface area contributed by atoms with Crippen molar-refractivity contribution in [3.8, 4) is 0 Å². The first-order valence-electron chi connectivity index (χ1n) is 4.42. The van der Waals surface area contributed by atoms with Gasteiger partial charge in [0.25, 0.3) is 0 Å². The monoisotopic (exact) mass is 318 g/mol. The fourth-order valence-electron chi connectivity index (χ4n) is 0.685. The second kappa shape index (κ2) is 7.24. The van der Waals surface area contributed by atoms with E-state index in [0.29, 0.717) is 0 Å². The molecule has 0 aliphatic carbocycles. The van der Waals surface area contributed by atoms with Crippen molar-refractivity contribution in [3.05, 3.63) is 44.4 Å². The third-order valence-electron chi connectivity index (χ3n) is 2.15. The van der Waals surface area contributed by atoms with E-state index in [0.717, 1.165) is 0 Å². The zero-order valence-corrected chi connectivity index (χ0v) is 12.2. The van der Waals surface area contributed by atoms with Crippen molar-refractivity contribution in [2.45, 2.75) is 27.7 Å². The Morgan fingerprint density at radius 2 is 0.929 bits per heavy atom. The summed E-state index contributed by atoms with van der Waals surface area (Å²) in [6.07, 6.45) is 4.25. The van der Waals surface area contributed by atoms with Crippen molar-refractivity contribution < 1.29 is 0 Å². The standard InChI is InChI=1S/C12H16Br2/c1-9(11(3)7-13)5-6-10(2)12(4)8-14/h5-8H,1-4H3. The van der Waals surface area contributed by atoms with Crippen LogP contribution in [0.15, 0.2) is 44.4 Å². The first-order chi connectivity index (χ1) is 6.52. The van der Waals surface area contributed by atoms with E-state index in [1.165, 1.54) is 22.3 Å². The molecule has 0 aromatic carbocycles. The van der Waals surface area contributed by atoms with Crippen LogP contribution in [0.5, 0.6) is 0 Å². The van der Waals surface area contributed by atoms with Crippen LogP contribution in [0.4, 0.5) is 0 Å². The summed E-state index contributed by atoms with van der Waals surface area (Å²) in [5.74, 6) is 0. The van der Waals surface area contributed by atoms with E-state index in [4.69, 9.17) is 0 Å². The van der Waals surface area contributed by atoms with E-state index < -0.39 is 0 Å². The maximum atomic E-state index is 3.32. The Hall–Kier alpha value is -0.0800. The lowest BCUT2D eigenvalue weighted by atomic mass is 10.1. The van der Waals surface area contributed by atoms with E-state index in [1.807, 2.05) is 9.97 Å². The normalized spacial score (nSPS) is 16.1. The molecule has 14 heavy (non-hydrogen) atoms. The second-order valence-electron chi connectivity index (χ2n) is 3.28. The molecule has 78 valence electrons. The first-order valence-corrected chi connectivity index (χ1v) is 6.26. The van der Waals surface area contributed by atoms with Gasteiger partial charge in [-0.3, -0.25) is 0 Å². The van der Waals surface area contributed by atoms with Gasteiger partial charge >= 0.3 is 0 Å². The third-order valence-corrected chi connectivity index (χ3v) is 3.53. The fourth-order valence-corrected chi connectivity index (χ4v) is 1.41. The van der Waals surface area contributed by atoms with E-state index >= 15 is 0 Å². The number of rotatable bonds is 3. The average molecular weight is 320 g/mol. The van der Waals surface area contributed by atoms with Gasteiger partial charge in [-0.2, -0.15) is 0 Å². The molecule has 0 spiro atoms. The quantitative estimate of drug-likeness (QED) is 0.604. The molecule has 0 bridgehead atoms. The molecule has 0 atom stereocenters. The van der Waals surface area contributed by atoms with Gasteiger partial charge in [-0.15, -0.1) is 0 Å². The molecule has 0 unspecified atom stereocenters. The van der Waals surface area contributed by atoms with Gasteiger partial charge in [0, 0.05) is 0 Å². The molecule has 0 amide bonds. The highest BCUT2D eigenvalue weighted by Gasteiger charge is 1.92. The third kappa shape index (κ3) is 4.97. The van der Waals surface area contributed by atoms with Crippen LogP contribution in [-0.2, 0) is 0 Å². The Kier molecular flexibility index (Phi) is 7.20. The number of halogens is 2. The summed E-state index contributed by atoms with van der Waals surface area (Å²) in [4.78, 5) is 3.88. The molecule has 0 heterocycles. The minimum atomic E-state index is 1.24. The predicted molar refractivity (Wildman–Crippen MR) is 72.9 cm³/mol. The summed E-state index contributed by atoms with van der Waals surface area (Å²) in [5.41, 5.74) is 5.02. The summed E-state index contributed by atoms with van der Waals surface area (Å²) in [5, 5.41) is 0. The van der Waals surface area contributed by atoms with Crippen LogP contribution in [0, 0.1) is 0 Å². The minimum absolute atomic E-state index is 1.24. The Bertz CT molecular complexity index is 272. The van der Waals surface area contributed by atoms with Gasteiger partial charge in [0.2, 0.25) is 0 Å². The van der Waals surface area contributed by atoms with E-state index in [1.54, 1.807) is 0 Å². The Labute approximate surface area is 104 Å². The molecule has 0 aliphatic heterocycles. The van der Waals surface area contributed by atoms with E-state index in [-0.39, 0.29) is 0 Å². The van der Waals surface area contributed by atoms with Crippen LogP contribution >= 0.6 is 31.9 Å². The lowest BCUT2D eigenvalue weighted by Crippen LogP contribution is -1.79. The minimum Gasteiger partial charge on any atom is -0.0592 e. The maximum Gasteiger partial charge on any atom is -0.0157 e. The van der Waals surface area contributed by atoms with Gasteiger partial charge in [0.05, 0.1) is 0 Å². The van der Waals surface area contributed by atoms with Gasteiger partial charge in [0.15, 0.2) is 0 Å². The Morgan fingerprint density at radius 3 is 1.14 bits per heavy atom. The summed E-state index contributed by atoms with van der Waals surface area (Å²) in [6.45, 7) is 8.36. The topological polar surface area (TPSA) is 0 Å². The molecule has 2 heteroatoms. The molecule has 0 aromatic rings. The van der Waals surface area contributed by atoms with Gasteiger partial charge in [-0.05, 0) is 60.0 Å². The zero-order valence-electron chi connectivity index (χ0n) is 9.07. The van der Waals surface area contributed by atoms with Crippen LogP contribution in [0.2, 0.25) is 0 Å². The largest absolute Gasteiger partial charge is 0.0592 e. The fraction of sp³-hybridized carbons (Fsp3) is 0.333. The molecule has 0 nitrogen and oxygen atoms in total. The molecule has 0 rings (SSSR count). The summed E-state index contributed by atoms with van der Waals surface area (Å²) in [6, 6.07) is 0. The van der Waals surface area contributed by atoms with Crippen LogP contribution < -0.4 is 0 Å². The van der Waals surface area contributed by atoms with Gasteiger partial charge < -0.3 is 0 Å². The summed E-state index contributed by atoms with van der Waals surface area (Å²) >= 11 is 6.65. The lowest BCUT2D eigenvalue weighted by Gasteiger charge is -2.00. The highest BCUT2D eigenvalue weighted by molar-refractivity contribution is 9.11. The highest BCUT2D eigenvalue weighted by atomic mass is 79.9. The average Bonchev–Trinajstić information content (AvgIpc) is 2.22. The van der Waals surface area contributed by atoms with Crippen molar-refractivity contribution in [1.82, 2.24) is 0 Å². The van der Waals surface area contributed by atoms with Crippen LogP contribution in [0.3, 0.4) is 0 Å². The van der Waals surface area contributed by atoms with Gasteiger partial charge in [-0.25, -0.2) is 0 Å². The summed E-state index contributed by atoms with van der Waals surface area (Å²) < 4.78 is 0. The number of allylic oxidation sites excluding steroid dienone is 6. The van der Waals surface area contributed by atoms with Crippen LogP contribution in [0.25, 0.3) is 0 Å². The van der Waals surface area contributed by atoms with Gasteiger partial charge in [-0.1, -0.05) is 44.0 Å². The molecule has 0 aromatic heterocycles. The van der Waals surface area contributed by atoms with Gasteiger partial charge in [0.1, 0.15) is 0 Å². The Balaban J connectivity index is 4.71. The second-order valence-corrected chi connectivity index (χ2v) is 4.20. The number of hydrogen-bond acceptors (Lipinski definition) is 0. The smallest absolute Gasteiger partial charge is 0.0157 e. The van der Waals surface area contributed by atoms with Crippen molar-refractivity contribution in [2.75, 3.05) is 0 Å². The van der Waals surface area contributed by atoms with Crippen LogP contribution in [-0.4, -0.2) is 0 Å². The van der Waals surface area contributed by atoms with Crippen molar-refractivity contribution >= 4 is 31.9 Å². The molecule has 0 saturated carbocycles. The molecule has 0 saturated heterocycles. The van der Waals surface area contributed by atoms with Crippen molar-refractivity contribution in [1.29, 1.82) is 0 Å². The highest BCUT2D eigenvalue weighted by Crippen LogP contribution is 2.14. The SMILES string of the molecule is CC(=CBr)C(C)=CC=C(C)C(C)=CBr. The first kappa shape index (κ1) is 13.9. The van der Waals surface area contributed by atoms with Crippen molar-refractivity contribution in [2.24, 2.45) is 0 Å². The predicted octanol–water partition coefficient (Wildman–Crippen LogP) is 5.48. The summed E-state index contributed by atoms with van der Waals surface area (Å²) in [7, 11) is 0. The Morgan fingerprint density at radius 1 is 0.643 bits per heavy atom. The zero-order chi connectivity index (χ0) is 11.1. The molecule has 0 aliphatic rings. The maximum absolute atomic E-state index is 3.32. The lowest BCUT2D eigenvalue weighted by molar-refractivity contribution is 1.33. The van der Waals surface area contributed by atoms with E-state index in [2.05, 4.69) is 71.7 Å².